The Bertz CT molecular complexity index is 468. The summed E-state index contributed by atoms with van der Waals surface area (Å²) in [6.07, 6.45) is 0. The molecular formula is C11H12N4O2. The molecular weight excluding hydrogens is 220 g/mol. The highest BCUT2D eigenvalue weighted by Crippen LogP contribution is 2.14. The highest BCUT2D eigenvalue weighted by atomic mass is 16.5. The number of pyridine rings is 1. The van der Waals surface area contributed by atoms with Gasteiger partial charge in [0.15, 0.2) is 0 Å². The fraction of sp³-hybridized carbons (Fsp3) is 0.364. The first kappa shape index (κ1) is 10.1. The summed E-state index contributed by atoms with van der Waals surface area (Å²) in [4.78, 5) is 12.8. The Morgan fingerprint density at radius 2 is 1.47 bits per heavy atom. The topological polar surface area (TPSA) is 82.1 Å². The molecule has 3 rings (SSSR count). The molecule has 0 unspecified atom stereocenters. The molecule has 0 aliphatic carbocycles. The standard InChI is InChI=1S/C11H12N4O2/c12-7-5-8(10-13-1-3-16-10)15-9(6-7)11-14-2-4-17-11/h5-6H,1-4H2,(H2,12,15). The van der Waals surface area contributed by atoms with Gasteiger partial charge in [-0.1, -0.05) is 0 Å². The van der Waals surface area contributed by atoms with Crippen molar-refractivity contribution in [1.82, 2.24) is 4.98 Å². The summed E-state index contributed by atoms with van der Waals surface area (Å²) in [5.41, 5.74) is 7.70. The predicted molar refractivity (Wildman–Crippen MR) is 63.4 cm³/mol. The van der Waals surface area contributed by atoms with Gasteiger partial charge in [-0.25, -0.2) is 15.0 Å². The first-order valence-electron chi connectivity index (χ1n) is 5.46. The van der Waals surface area contributed by atoms with Gasteiger partial charge < -0.3 is 15.2 Å². The van der Waals surface area contributed by atoms with Crippen LogP contribution in [0.3, 0.4) is 0 Å². The van der Waals surface area contributed by atoms with Crippen LogP contribution in [-0.2, 0) is 9.47 Å². The molecule has 0 radical (unpaired) electrons. The number of anilines is 1. The van der Waals surface area contributed by atoms with Crippen LogP contribution < -0.4 is 5.73 Å². The lowest BCUT2D eigenvalue weighted by Gasteiger charge is -2.06. The second kappa shape index (κ2) is 4.04. The van der Waals surface area contributed by atoms with Crippen molar-refractivity contribution >= 4 is 17.5 Å². The van der Waals surface area contributed by atoms with E-state index in [4.69, 9.17) is 15.2 Å². The normalized spacial score (nSPS) is 18.4. The fourth-order valence-corrected chi connectivity index (χ4v) is 1.75. The number of hydrogen-bond donors (Lipinski definition) is 1. The minimum atomic E-state index is 0.539. The molecule has 0 saturated heterocycles. The number of aliphatic imine (C=N–C) groups is 2. The second-order valence-electron chi connectivity index (χ2n) is 3.74. The minimum absolute atomic E-state index is 0.539. The summed E-state index contributed by atoms with van der Waals surface area (Å²) < 4.78 is 10.7. The molecule has 0 aromatic carbocycles. The summed E-state index contributed by atoms with van der Waals surface area (Å²) in [5.74, 6) is 1.08. The molecule has 2 aliphatic heterocycles. The summed E-state index contributed by atoms with van der Waals surface area (Å²) in [5, 5.41) is 0. The fourth-order valence-electron chi connectivity index (χ4n) is 1.75. The molecule has 0 atom stereocenters. The molecule has 0 saturated carbocycles. The van der Waals surface area contributed by atoms with Gasteiger partial charge in [-0.05, 0) is 12.1 Å². The van der Waals surface area contributed by atoms with E-state index in [1.165, 1.54) is 0 Å². The van der Waals surface area contributed by atoms with Crippen LogP contribution in [0, 0.1) is 0 Å². The van der Waals surface area contributed by atoms with E-state index in [2.05, 4.69) is 15.0 Å². The number of hydrogen-bond acceptors (Lipinski definition) is 6. The van der Waals surface area contributed by atoms with Crippen molar-refractivity contribution < 1.29 is 9.47 Å². The first-order chi connectivity index (χ1) is 8.33. The van der Waals surface area contributed by atoms with Gasteiger partial charge in [0.1, 0.15) is 24.6 Å². The van der Waals surface area contributed by atoms with E-state index in [-0.39, 0.29) is 0 Å². The minimum Gasteiger partial charge on any atom is -0.474 e. The average Bonchev–Trinajstić information content (AvgIpc) is 3.02. The van der Waals surface area contributed by atoms with Gasteiger partial charge in [0, 0.05) is 5.69 Å². The van der Waals surface area contributed by atoms with E-state index in [1.54, 1.807) is 12.1 Å². The van der Waals surface area contributed by atoms with Crippen molar-refractivity contribution in [2.75, 3.05) is 32.0 Å². The summed E-state index contributed by atoms with van der Waals surface area (Å²) in [7, 11) is 0. The van der Waals surface area contributed by atoms with Crippen molar-refractivity contribution in [3.8, 4) is 0 Å². The third-order valence-electron chi connectivity index (χ3n) is 2.46. The van der Waals surface area contributed by atoms with Gasteiger partial charge in [0.2, 0.25) is 11.8 Å². The summed E-state index contributed by atoms with van der Waals surface area (Å²) in [6.45, 7) is 2.52. The van der Waals surface area contributed by atoms with Gasteiger partial charge in [0.05, 0.1) is 13.1 Å². The van der Waals surface area contributed by atoms with Crippen molar-refractivity contribution in [2.24, 2.45) is 9.98 Å². The number of nitrogen functional groups attached to an aromatic ring is 1. The lowest BCUT2D eigenvalue weighted by molar-refractivity contribution is 0.345. The van der Waals surface area contributed by atoms with Crippen molar-refractivity contribution in [3.63, 3.8) is 0 Å². The average molecular weight is 232 g/mol. The Balaban J connectivity index is 1.99. The number of nitrogens with zero attached hydrogens (tertiary/aromatic N) is 3. The molecule has 1 aromatic rings. The molecule has 2 N–H and O–H groups in total. The van der Waals surface area contributed by atoms with E-state index in [0.29, 0.717) is 55.2 Å². The zero-order chi connectivity index (χ0) is 11.7. The molecule has 0 fully saturated rings. The number of aromatic nitrogens is 1. The van der Waals surface area contributed by atoms with Crippen molar-refractivity contribution in [3.05, 3.63) is 23.5 Å². The van der Waals surface area contributed by atoms with Crippen LogP contribution >= 0.6 is 0 Å². The van der Waals surface area contributed by atoms with Crippen LogP contribution in [0.2, 0.25) is 0 Å². The van der Waals surface area contributed by atoms with E-state index < -0.39 is 0 Å². The van der Waals surface area contributed by atoms with E-state index in [0.717, 1.165) is 0 Å². The van der Waals surface area contributed by atoms with Crippen LogP contribution in [0.15, 0.2) is 22.1 Å². The predicted octanol–water partition coefficient (Wildman–Crippen LogP) is 0.217. The van der Waals surface area contributed by atoms with Gasteiger partial charge in [0.25, 0.3) is 0 Å². The molecule has 3 heterocycles. The Labute approximate surface area is 98.2 Å². The number of nitrogens with two attached hydrogens (primary N) is 1. The smallest absolute Gasteiger partial charge is 0.235 e. The summed E-state index contributed by atoms with van der Waals surface area (Å²) in [6, 6.07) is 3.48. The van der Waals surface area contributed by atoms with Crippen LogP contribution in [0.5, 0.6) is 0 Å². The van der Waals surface area contributed by atoms with Gasteiger partial charge >= 0.3 is 0 Å². The molecule has 0 amide bonds. The quantitative estimate of drug-likeness (QED) is 0.790. The molecule has 2 aliphatic rings. The molecule has 6 nitrogen and oxygen atoms in total. The second-order valence-corrected chi connectivity index (χ2v) is 3.74. The zero-order valence-electron chi connectivity index (χ0n) is 9.22. The Morgan fingerprint density at radius 3 is 1.88 bits per heavy atom. The largest absolute Gasteiger partial charge is 0.474 e. The molecule has 1 aromatic heterocycles. The lowest BCUT2D eigenvalue weighted by atomic mass is 10.2. The number of rotatable bonds is 2. The van der Waals surface area contributed by atoms with Gasteiger partial charge in [-0.2, -0.15) is 0 Å². The van der Waals surface area contributed by atoms with Crippen LogP contribution in [0.1, 0.15) is 11.4 Å². The third-order valence-corrected chi connectivity index (χ3v) is 2.46. The maximum Gasteiger partial charge on any atom is 0.235 e. The van der Waals surface area contributed by atoms with Gasteiger partial charge in [-0.3, -0.25) is 0 Å². The maximum atomic E-state index is 5.83. The molecule has 0 spiro atoms. The Hall–Kier alpha value is -2.11. The molecule has 17 heavy (non-hydrogen) atoms. The SMILES string of the molecule is Nc1cc(C2=NCCO2)nc(C2=NCCO2)c1. The van der Waals surface area contributed by atoms with Crippen LogP contribution in [0.4, 0.5) is 5.69 Å². The maximum absolute atomic E-state index is 5.83. The lowest BCUT2D eigenvalue weighted by Crippen LogP contribution is -2.11. The summed E-state index contributed by atoms with van der Waals surface area (Å²) >= 11 is 0. The Kier molecular flexibility index (Phi) is 2.40. The molecule has 0 bridgehead atoms. The van der Waals surface area contributed by atoms with Crippen LogP contribution in [-0.4, -0.2) is 43.1 Å². The first-order valence-corrected chi connectivity index (χ1v) is 5.46. The van der Waals surface area contributed by atoms with E-state index in [9.17, 15) is 0 Å². The number of ether oxygens (including phenoxy) is 2. The van der Waals surface area contributed by atoms with E-state index >= 15 is 0 Å². The van der Waals surface area contributed by atoms with E-state index in [1.807, 2.05) is 0 Å². The highest BCUT2D eigenvalue weighted by molar-refractivity contribution is 5.98. The molecule has 88 valence electrons. The van der Waals surface area contributed by atoms with Crippen LogP contribution in [0.25, 0.3) is 0 Å². The van der Waals surface area contributed by atoms with Gasteiger partial charge in [-0.15, -0.1) is 0 Å². The van der Waals surface area contributed by atoms with Crippen molar-refractivity contribution in [1.29, 1.82) is 0 Å². The molecule has 6 heteroatoms. The Morgan fingerprint density at radius 1 is 0.941 bits per heavy atom. The van der Waals surface area contributed by atoms with Crippen molar-refractivity contribution in [2.45, 2.75) is 0 Å². The third kappa shape index (κ3) is 1.93. The monoisotopic (exact) mass is 232 g/mol. The zero-order valence-corrected chi connectivity index (χ0v) is 9.22. The highest BCUT2D eigenvalue weighted by Gasteiger charge is 2.17.